The van der Waals surface area contributed by atoms with E-state index in [2.05, 4.69) is 11.4 Å². The van der Waals surface area contributed by atoms with Gasteiger partial charge < -0.3 is 5.32 Å². The van der Waals surface area contributed by atoms with Crippen LogP contribution in [0.4, 0.5) is 5.69 Å². The molecule has 3 aromatic rings. The zero-order valence-corrected chi connectivity index (χ0v) is 20.2. The van der Waals surface area contributed by atoms with Gasteiger partial charge in [0.2, 0.25) is 5.91 Å². The van der Waals surface area contributed by atoms with Crippen molar-refractivity contribution in [3.8, 4) is 0 Å². The summed E-state index contributed by atoms with van der Waals surface area (Å²) in [4.78, 5) is 13.4. The topological polar surface area (TPSA) is 66.5 Å². The van der Waals surface area contributed by atoms with Gasteiger partial charge in [-0.3, -0.25) is 9.10 Å². The standard InChI is InChI=1S/C27H30N2O3S/c1-19-11-13-24(14-12-19)33(31,32)29(23-16-20(2)15-21(3)17-23)18-27(30)28-26-10-6-8-22-7-4-5-9-25(22)26/h4-5,7,9,11-17,26H,6,8,10,18H2,1-3H3,(H,28,30)/t26-/m0/s1. The monoisotopic (exact) mass is 462 g/mol. The molecule has 5 nitrogen and oxygen atoms in total. The zero-order chi connectivity index (χ0) is 23.6. The van der Waals surface area contributed by atoms with Gasteiger partial charge in [-0.15, -0.1) is 0 Å². The van der Waals surface area contributed by atoms with E-state index in [1.54, 1.807) is 24.3 Å². The summed E-state index contributed by atoms with van der Waals surface area (Å²) < 4.78 is 28.5. The number of hydrogen-bond acceptors (Lipinski definition) is 3. The van der Waals surface area contributed by atoms with E-state index in [4.69, 9.17) is 0 Å². The van der Waals surface area contributed by atoms with E-state index >= 15 is 0 Å². The van der Waals surface area contributed by atoms with Crippen molar-refractivity contribution in [3.63, 3.8) is 0 Å². The van der Waals surface area contributed by atoms with Gasteiger partial charge in [0, 0.05) is 0 Å². The number of carbonyl (C=O) groups is 1. The molecule has 1 aliphatic carbocycles. The van der Waals surface area contributed by atoms with Crippen molar-refractivity contribution in [3.05, 3.63) is 94.5 Å². The Morgan fingerprint density at radius 2 is 1.61 bits per heavy atom. The number of fused-ring (bicyclic) bond motifs is 1. The van der Waals surface area contributed by atoms with Gasteiger partial charge in [-0.25, -0.2) is 8.42 Å². The molecule has 1 N–H and O–H groups in total. The van der Waals surface area contributed by atoms with Gasteiger partial charge >= 0.3 is 0 Å². The lowest BCUT2D eigenvalue weighted by Crippen LogP contribution is -2.42. The molecule has 4 rings (SSSR count). The first-order valence-corrected chi connectivity index (χ1v) is 12.7. The quantitative estimate of drug-likeness (QED) is 0.561. The Morgan fingerprint density at radius 1 is 0.939 bits per heavy atom. The second kappa shape index (κ2) is 9.40. The maximum Gasteiger partial charge on any atom is 0.264 e. The molecule has 0 radical (unpaired) electrons. The summed E-state index contributed by atoms with van der Waals surface area (Å²) in [7, 11) is -3.93. The van der Waals surface area contributed by atoms with Crippen LogP contribution in [0.5, 0.6) is 0 Å². The predicted molar refractivity (Wildman–Crippen MR) is 132 cm³/mol. The first kappa shape index (κ1) is 23.1. The molecule has 6 heteroatoms. The van der Waals surface area contributed by atoms with E-state index in [-0.39, 0.29) is 23.4 Å². The predicted octanol–water partition coefficient (Wildman–Crippen LogP) is 5.00. The van der Waals surface area contributed by atoms with E-state index in [1.165, 1.54) is 9.87 Å². The van der Waals surface area contributed by atoms with Crippen LogP contribution >= 0.6 is 0 Å². The smallest absolute Gasteiger partial charge is 0.264 e. The summed E-state index contributed by atoms with van der Waals surface area (Å²) >= 11 is 0. The third-order valence-electron chi connectivity index (χ3n) is 6.10. The van der Waals surface area contributed by atoms with E-state index in [1.807, 2.05) is 57.2 Å². The fourth-order valence-corrected chi connectivity index (χ4v) is 5.93. The molecule has 0 heterocycles. The van der Waals surface area contributed by atoms with E-state index in [0.717, 1.165) is 41.5 Å². The van der Waals surface area contributed by atoms with Crippen LogP contribution in [0.2, 0.25) is 0 Å². The SMILES string of the molecule is Cc1ccc(S(=O)(=O)N(CC(=O)N[C@H]2CCCc3ccccc32)c2cc(C)cc(C)c2)cc1. The normalized spacial score (nSPS) is 15.5. The third kappa shape index (κ3) is 5.11. The van der Waals surface area contributed by atoms with Crippen LogP contribution in [-0.4, -0.2) is 20.9 Å². The molecule has 172 valence electrons. The highest BCUT2D eigenvalue weighted by Crippen LogP contribution is 2.30. The van der Waals surface area contributed by atoms with Crippen molar-refractivity contribution < 1.29 is 13.2 Å². The van der Waals surface area contributed by atoms with Crippen molar-refractivity contribution in [2.45, 2.75) is 51.0 Å². The molecule has 0 saturated heterocycles. The van der Waals surface area contributed by atoms with E-state index < -0.39 is 10.0 Å². The fourth-order valence-electron chi connectivity index (χ4n) is 4.52. The van der Waals surface area contributed by atoms with Crippen molar-refractivity contribution in [1.29, 1.82) is 0 Å². The van der Waals surface area contributed by atoms with Crippen molar-refractivity contribution in [2.24, 2.45) is 0 Å². The molecular weight excluding hydrogens is 432 g/mol. The fraction of sp³-hybridized carbons (Fsp3) is 0.296. The number of rotatable bonds is 6. The van der Waals surface area contributed by atoms with E-state index in [9.17, 15) is 13.2 Å². The van der Waals surface area contributed by atoms with Gasteiger partial charge in [0.15, 0.2) is 0 Å². The zero-order valence-electron chi connectivity index (χ0n) is 19.3. The largest absolute Gasteiger partial charge is 0.348 e. The number of nitrogens with zero attached hydrogens (tertiary/aromatic N) is 1. The number of amides is 1. The van der Waals surface area contributed by atoms with Gasteiger partial charge in [-0.1, -0.05) is 48.0 Å². The Hall–Kier alpha value is -3.12. The Bertz CT molecular complexity index is 1250. The Kier molecular flexibility index (Phi) is 6.56. The van der Waals surface area contributed by atoms with Crippen LogP contribution in [0.1, 0.15) is 46.7 Å². The van der Waals surface area contributed by atoms with Gasteiger partial charge in [-0.05, 0) is 86.6 Å². The Morgan fingerprint density at radius 3 is 2.30 bits per heavy atom. The van der Waals surface area contributed by atoms with Crippen molar-refractivity contribution in [2.75, 3.05) is 10.8 Å². The molecule has 0 aromatic heterocycles. The molecule has 33 heavy (non-hydrogen) atoms. The van der Waals surface area contributed by atoms with Gasteiger partial charge in [0.25, 0.3) is 10.0 Å². The molecule has 0 saturated carbocycles. The molecule has 0 bridgehead atoms. The minimum Gasteiger partial charge on any atom is -0.348 e. The van der Waals surface area contributed by atoms with Crippen LogP contribution < -0.4 is 9.62 Å². The maximum atomic E-state index is 13.6. The van der Waals surface area contributed by atoms with Gasteiger partial charge in [-0.2, -0.15) is 0 Å². The molecule has 0 spiro atoms. The highest BCUT2D eigenvalue weighted by atomic mass is 32.2. The lowest BCUT2D eigenvalue weighted by atomic mass is 9.88. The Balaban J connectivity index is 1.65. The molecular formula is C27H30N2O3S. The molecule has 0 aliphatic heterocycles. The number of sulfonamides is 1. The van der Waals surface area contributed by atoms with Crippen LogP contribution in [0, 0.1) is 20.8 Å². The third-order valence-corrected chi connectivity index (χ3v) is 7.88. The molecule has 1 atom stereocenters. The minimum absolute atomic E-state index is 0.106. The van der Waals surface area contributed by atoms with Gasteiger partial charge in [0.05, 0.1) is 16.6 Å². The summed E-state index contributed by atoms with van der Waals surface area (Å²) in [6.07, 6.45) is 2.83. The second-order valence-corrected chi connectivity index (χ2v) is 10.7. The van der Waals surface area contributed by atoms with Crippen molar-refractivity contribution in [1.82, 2.24) is 5.32 Å². The molecule has 1 aliphatic rings. The molecule has 0 fully saturated rings. The van der Waals surface area contributed by atoms with Crippen molar-refractivity contribution >= 4 is 21.6 Å². The van der Waals surface area contributed by atoms with E-state index in [0.29, 0.717) is 5.69 Å². The number of carbonyl (C=O) groups excluding carboxylic acids is 1. The minimum atomic E-state index is -3.93. The number of anilines is 1. The first-order chi connectivity index (χ1) is 15.7. The van der Waals surface area contributed by atoms with Crippen LogP contribution in [0.25, 0.3) is 0 Å². The highest BCUT2D eigenvalue weighted by molar-refractivity contribution is 7.92. The number of hydrogen-bond donors (Lipinski definition) is 1. The average molecular weight is 463 g/mol. The Labute approximate surface area is 196 Å². The van der Waals surface area contributed by atoms with Crippen LogP contribution in [0.3, 0.4) is 0 Å². The lowest BCUT2D eigenvalue weighted by molar-refractivity contribution is -0.120. The summed E-state index contributed by atoms with van der Waals surface area (Å²) in [5.41, 5.74) is 5.71. The number of benzene rings is 3. The summed E-state index contributed by atoms with van der Waals surface area (Å²) in [6.45, 7) is 5.48. The lowest BCUT2D eigenvalue weighted by Gasteiger charge is -2.29. The average Bonchev–Trinajstić information content (AvgIpc) is 2.77. The first-order valence-electron chi connectivity index (χ1n) is 11.3. The summed E-state index contributed by atoms with van der Waals surface area (Å²) in [5.74, 6) is -0.313. The maximum absolute atomic E-state index is 13.6. The summed E-state index contributed by atoms with van der Waals surface area (Å²) in [5, 5.41) is 3.09. The molecule has 0 unspecified atom stereocenters. The second-order valence-electron chi connectivity index (χ2n) is 8.88. The van der Waals surface area contributed by atoms with Crippen LogP contribution in [0.15, 0.2) is 71.6 Å². The van der Waals surface area contributed by atoms with Gasteiger partial charge in [0.1, 0.15) is 6.54 Å². The number of nitrogens with one attached hydrogen (secondary N) is 1. The molecule has 1 amide bonds. The molecule has 3 aromatic carbocycles. The summed E-state index contributed by atoms with van der Waals surface area (Å²) in [6, 6.07) is 20.4. The highest BCUT2D eigenvalue weighted by Gasteiger charge is 2.29. The number of aryl methyl sites for hydroxylation is 4. The van der Waals surface area contributed by atoms with Crippen LogP contribution in [-0.2, 0) is 21.2 Å².